The summed E-state index contributed by atoms with van der Waals surface area (Å²) in [6.07, 6.45) is 4.82. The Balaban J connectivity index is 1.88. The molecular formula is C21H29N3O3. The third kappa shape index (κ3) is 4.69. The molecule has 3 atom stereocenters. The van der Waals surface area contributed by atoms with E-state index in [0.29, 0.717) is 29.8 Å². The molecule has 1 aromatic carbocycles. The highest BCUT2D eigenvalue weighted by molar-refractivity contribution is 5.95. The zero-order valence-corrected chi connectivity index (χ0v) is 16.1. The van der Waals surface area contributed by atoms with Crippen molar-refractivity contribution in [3.8, 4) is 0 Å². The molecular weight excluding hydrogens is 342 g/mol. The van der Waals surface area contributed by atoms with Gasteiger partial charge in [-0.25, -0.2) is 9.59 Å². The highest BCUT2D eigenvalue weighted by atomic mass is 16.5. The number of nitrogens with one attached hydrogen (secondary N) is 3. The summed E-state index contributed by atoms with van der Waals surface area (Å²) in [7, 11) is 0. The van der Waals surface area contributed by atoms with E-state index in [1.54, 1.807) is 6.92 Å². The van der Waals surface area contributed by atoms with Crippen LogP contribution in [0.1, 0.15) is 51.1 Å². The van der Waals surface area contributed by atoms with Gasteiger partial charge in [0.1, 0.15) is 0 Å². The summed E-state index contributed by atoms with van der Waals surface area (Å²) < 4.78 is 5.30. The van der Waals surface area contributed by atoms with Crippen molar-refractivity contribution in [2.45, 2.75) is 51.6 Å². The average molecular weight is 371 g/mol. The Morgan fingerprint density at radius 3 is 2.67 bits per heavy atom. The molecule has 1 aliphatic carbocycles. The number of esters is 1. The SMILES string of the molecule is CCOC(=O)C1=C(CNC2CCCCC2C)NC(=O)NC1c1ccccc1. The minimum atomic E-state index is -0.514. The van der Waals surface area contributed by atoms with Gasteiger partial charge >= 0.3 is 12.0 Å². The molecule has 0 radical (unpaired) electrons. The van der Waals surface area contributed by atoms with Crippen LogP contribution >= 0.6 is 0 Å². The van der Waals surface area contributed by atoms with Gasteiger partial charge in [-0.2, -0.15) is 0 Å². The van der Waals surface area contributed by atoms with E-state index in [9.17, 15) is 9.59 Å². The summed E-state index contributed by atoms with van der Waals surface area (Å²) >= 11 is 0. The number of benzene rings is 1. The Morgan fingerprint density at radius 2 is 1.96 bits per heavy atom. The Bertz CT molecular complexity index is 702. The maximum Gasteiger partial charge on any atom is 0.338 e. The maximum absolute atomic E-state index is 12.7. The van der Waals surface area contributed by atoms with Crippen molar-refractivity contribution >= 4 is 12.0 Å². The predicted octanol–water partition coefficient (Wildman–Crippen LogP) is 3.03. The number of carbonyl (C=O) groups is 2. The van der Waals surface area contributed by atoms with Crippen LogP contribution in [-0.4, -0.2) is 31.2 Å². The Morgan fingerprint density at radius 1 is 1.22 bits per heavy atom. The lowest BCUT2D eigenvalue weighted by atomic mass is 9.86. The quantitative estimate of drug-likeness (QED) is 0.672. The fourth-order valence-electron chi connectivity index (χ4n) is 3.96. The lowest BCUT2D eigenvalue weighted by Gasteiger charge is -2.33. The molecule has 3 unspecified atom stereocenters. The molecule has 3 rings (SSSR count). The molecule has 0 spiro atoms. The number of urea groups is 1. The largest absolute Gasteiger partial charge is 0.463 e. The molecule has 1 aliphatic heterocycles. The molecule has 2 aliphatic rings. The van der Waals surface area contributed by atoms with Crippen LogP contribution in [-0.2, 0) is 9.53 Å². The molecule has 146 valence electrons. The van der Waals surface area contributed by atoms with Gasteiger partial charge < -0.3 is 20.7 Å². The molecule has 1 heterocycles. The van der Waals surface area contributed by atoms with Crippen LogP contribution in [0.4, 0.5) is 4.79 Å². The van der Waals surface area contributed by atoms with Crippen LogP contribution < -0.4 is 16.0 Å². The van der Waals surface area contributed by atoms with Crippen LogP contribution in [0.2, 0.25) is 0 Å². The van der Waals surface area contributed by atoms with Crippen molar-refractivity contribution in [1.82, 2.24) is 16.0 Å². The molecule has 3 N–H and O–H groups in total. The van der Waals surface area contributed by atoms with Crippen molar-refractivity contribution in [3.05, 3.63) is 47.2 Å². The van der Waals surface area contributed by atoms with Gasteiger partial charge in [-0.1, -0.05) is 50.1 Å². The van der Waals surface area contributed by atoms with Gasteiger partial charge in [-0.3, -0.25) is 0 Å². The van der Waals surface area contributed by atoms with Crippen molar-refractivity contribution in [1.29, 1.82) is 0 Å². The summed E-state index contributed by atoms with van der Waals surface area (Å²) in [5.41, 5.74) is 1.93. The second-order valence-electron chi connectivity index (χ2n) is 7.30. The number of carbonyl (C=O) groups excluding carboxylic acids is 2. The van der Waals surface area contributed by atoms with Crippen molar-refractivity contribution in [3.63, 3.8) is 0 Å². The van der Waals surface area contributed by atoms with Gasteiger partial charge in [0.2, 0.25) is 0 Å². The molecule has 6 nitrogen and oxygen atoms in total. The molecule has 0 saturated heterocycles. The topological polar surface area (TPSA) is 79.5 Å². The maximum atomic E-state index is 12.7. The fourth-order valence-corrected chi connectivity index (χ4v) is 3.96. The number of amides is 2. The van der Waals surface area contributed by atoms with E-state index in [-0.39, 0.29) is 12.6 Å². The van der Waals surface area contributed by atoms with Crippen molar-refractivity contribution in [2.75, 3.05) is 13.2 Å². The summed E-state index contributed by atoms with van der Waals surface area (Å²) in [6.45, 7) is 4.77. The van der Waals surface area contributed by atoms with Crippen molar-refractivity contribution < 1.29 is 14.3 Å². The van der Waals surface area contributed by atoms with E-state index >= 15 is 0 Å². The van der Waals surface area contributed by atoms with Crippen LogP contribution in [0.3, 0.4) is 0 Å². The second kappa shape index (κ2) is 9.04. The number of hydrogen-bond acceptors (Lipinski definition) is 4. The van der Waals surface area contributed by atoms with Gasteiger partial charge in [0, 0.05) is 18.3 Å². The van der Waals surface area contributed by atoms with Gasteiger partial charge in [0.25, 0.3) is 0 Å². The zero-order valence-electron chi connectivity index (χ0n) is 16.1. The van der Waals surface area contributed by atoms with Gasteiger partial charge in [-0.15, -0.1) is 0 Å². The van der Waals surface area contributed by atoms with Crippen LogP contribution in [0.5, 0.6) is 0 Å². The fraction of sp³-hybridized carbons (Fsp3) is 0.524. The zero-order chi connectivity index (χ0) is 19.2. The Kier molecular flexibility index (Phi) is 6.50. The highest BCUT2D eigenvalue weighted by Gasteiger charge is 2.34. The summed E-state index contributed by atoms with van der Waals surface area (Å²) in [5.74, 6) is 0.195. The summed E-state index contributed by atoms with van der Waals surface area (Å²) in [5, 5.41) is 9.24. The van der Waals surface area contributed by atoms with Gasteiger partial charge in [-0.05, 0) is 31.2 Å². The van der Waals surface area contributed by atoms with E-state index in [2.05, 4.69) is 22.9 Å². The third-order valence-electron chi connectivity index (χ3n) is 5.43. The molecule has 27 heavy (non-hydrogen) atoms. The van der Waals surface area contributed by atoms with E-state index < -0.39 is 12.0 Å². The van der Waals surface area contributed by atoms with E-state index in [0.717, 1.165) is 12.0 Å². The Hall–Kier alpha value is -2.34. The first-order valence-corrected chi connectivity index (χ1v) is 9.86. The van der Waals surface area contributed by atoms with Gasteiger partial charge in [0.05, 0.1) is 18.2 Å². The summed E-state index contributed by atoms with van der Waals surface area (Å²) in [4.78, 5) is 25.0. The number of rotatable bonds is 6. The summed E-state index contributed by atoms with van der Waals surface area (Å²) in [6, 6.07) is 9.10. The molecule has 2 amide bonds. The third-order valence-corrected chi connectivity index (χ3v) is 5.43. The molecule has 1 saturated carbocycles. The first kappa shape index (κ1) is 19.4. The van der Waals surface area contributed by atoms with Crippen molar-refractivity contribution in [2.24, 2.45) is 5.92 Å². The molecule has 1 aromatic rings. The average Bonchev–Trinajstić information content (AvgIpc) is 2.67. The van der Waals surface area contributed by atoms with E-state index in [4.69, 9.17) is 4.74 Å². The normalized spacial score (nSPS) is 25.6. The van der Waals surface area contributed by atoms with Crippen LogP contribution in [0, 0.1) is 5.92 Å². The molecule has 0 aromatic heterocycles. The molecule has 0 bridgehead atoms. The lowest BCUT2D eigenvalue weighted by molar-refractivity contribution is -0.139. The number of ether oxygens (including phenoxy) is 1. The molecule has 1 fully saturated rings. The first-order chi connectivity index (χ1) is 13.1. The number of hydrogen-bond donors (Lipinski definition) is 3. The minimum Gasteiger partial charge on any atom is -0.463 e. The highest BCUT2D eigenvalue weighted by Crippen LogP contribution is 2.28. The predicted molar refractivity (Wildman–Crippen MR) is 104 cm³/mol. The second-order valence-corrected chi connectivity index (χ2v) is 7.30. The van der Waals surface area contributed by atoms with E-state index in [1.165, 1.54) is 19.3 Å². The Labute approximate surface area is 160 Å². The monoisotopic (exact) mass is 371 g/mol. The standard InChI is InChI=1S/C21H29N3O3/c1-3-27-20(25)18-17(13-22-16-12-8-7-9-14(16)2)23-21(26)24-19(18)15-10-5-4-6-11-15/h4-6,10-11,14,16,19,22H,3,7-9,12-13H2,1-2H3,(H2,23,24,26). The van der Waals surface area contributed by atoms with Gasteiger partial charge in [0.15, 0.2) is 0 Å². The lowest BCUT2D eigenvalue weighted by Crippen LogP contribution is -2.49. The van der Waals surface area contributed by atoms with E-state index in [1.807, 2.05) is 30.3 Å². The smallest absolute Gasteiger partial charge is 0.338 e. The first-order valence-electron chi connectivity index (χ1n) is 9.86. The van der Waals surface area contributed by atoms with Crippen LogP contribution in [0.25, 0.3) is 0 Å². The molecule has 6 heteroatoms. The van der Waals surface area contributed by atoms with Crippen LogP contribution in [0.15, 0.2) is 41.6 Å². The minimum absolute atomic E-state index is 0.290.